The first kappa shape index (κ1) is 8.52. The van der Waals surface area contributed by atoms with E-state index in [-0.39, 0.29) is 0 Å². The highest BCUT2D eigenvalue weighted by molar-refractivity contribution is 8.22. The minimum atomic E-state index is 0.312. The Hall–Kier alpha value is -1.07. The summed E-state index contributed by atoms with van der Waals surface area (Å²) in [6.45, 7) is 0. The van der Waals surface area contributed by atoms with Gasteiger partial charge in [0.2, 0.25) is 0 Å². The third kappa shape index (κ3) is 1.81. The number of thioether (sulfide) groups is 1. The molecule has 13 heavy (non-hydrogen) atoms. The standard InChI is InChI=1S/C8H6N2OS2/c9-7(12)13-8-10-5-3-1-2-4-6(5)11-8/h1-4H,(H2,9,12). The van der Waals surface area contributed by atoms with Gasteiger partial charge in [0, 0.05) is 0 Å². The summed E-state index contributed by atoms with van der Waals surface area (Å²) < 4.78 is 5.67. The second-order valence-electron chi connectivity index (χ2n) is 2.37. The third-order valence-electron chi connectivity index (χ3n) is 1.46. The highest BCUT2D eigenvalue weighted by atomic mass is 32.2. The Morgan fingerprint density at radius 3 is 2.92 bits per heavy atom. The summed E-state index contributed by atoms with van der Waals surface area (Å²) in [5.41, 5.74) is 6.91. The van der Waals surface area contributed by atoms with Crippen LogP contribution in [0.15, 0.2) is 33.9 Å². The van der Waals surface area contributed by atoms with Crippen LogP contribution in [0, 0.1) is 0 Å². The van der Waals surface area contributed by atoms with E-state index < -0.39 is 0 Å². The monoisotopic (exact) mass is 210 g/mol. The van der Waals surface area contributed by atoms with Crippen LogP contribution in [0.25, 0.3) is 11.1 Å². The molecule has 0 spiro atoms. The molecule has 0 unspecified atom stereocenters. The number of benzene rings is 1. The number of nitrogens with zero attached hydrogens (tertiary/aromatic N) is 1. The first-order valence-corrected chi connectivity index (χ1v) is 4.81. The molecule has 0 amide bonds. The maximum absolute atomic E-state index is 5.36. The summed E-state index contributed by atoms with van der Waals surface area (Å²) >= 11 is 5.88. The molecule has 0 aliphatic carbocycles. The summed E-state index contributed by atoms with van der Waals surface area (Å²) in [4.78, 5) is 4.18. The molecule has 1 aromatic heterocycles. The smallest absolute Gasteiger partial charge is 0.263 e. The van der Waals surface area contributed by atoms with Crippen LogP contribution in [0.3, 0.4) is 0 Å². The largest absolute Gasteiger partial charge is 0.431 e. The predicted octanol–water partition coefficient (Wildman–Crippen LogP) is 2.16. The number of fused-ring (bicyclic) bond motifs is 1. The Bertz CT molecular complexity index is 419. The first-order valence-electron chi connectivity index (χ1n) is 3.58. The molecule has 1 aromatic carbocycles. The quantitative estimate of drug-likeness (QED) is 0.577. The number of nitrogens with two attached hydrogens (primary N) is 1. The number of thiocarbonyl (C=S) groups is 1. The summed E-state index contributed by atoms with van der Waals surface area (Å²) in [6, 6.07) is 7.53. The number of rotatable bonds is 1. The molecule has 0 bridgehead atoms. The van der Waals surface area contributed by atoms with Crippen molar-refractivity contribution in [1.82, 2.24) is 4.98 Å². The minimum Gasteiger partial charge on any atom is -0.431 e. The molecule has 0 atom stereocenters. The van der Waals surface area contributed by atoms with Crippen molar-refractivity contribution in [2.75, 3.05) is 0 Å². The van der Waals surface area contributed by atoms with Crippen molar-refractivity contribution in [2.45, 2.75) is 5.22 Å². The van der Waals surface area contributed by atoms with Crippen LogP contribution < -0.4 is 5.73 Å². The molecule has 0 fully saturated rings. The maximum Gasteiger partial charge on any atom is 0.263 e. The van der Waals surface area contributed by atoms with Crippen LogP contribution >= 0.6 is 24.0 Å². The number of hydrogen-bond donors (Lipinski definition) is 1. The molecule has 0 radical (unpaired) electrons. The van der Waals surface area contributed by atoms with Gasteiger partial charge in [0.25, 0.3) is 5.22 Å². The highest BCUT2D eigenvalue weighted by Gasteiger charge is 2.05. The van der Waals surface area contributed by atoms with Gasteiger partial charge in [0.1, 0.15) is 9.84 Å². The molecular weight excluding hydrogens is 204 g/mol. The molecule has 0 aliphatic rings. The lowest BCUT2D eigenvalue weighted by Gasteiger charge is -1.87. The Labute approximate surface area is 84.3 Å². The molecule has 66 valence electrons. The van der Waals surface area contributed by atoms with Crippen molar-refractivity contribution in [3.63, 3.8) is 0 Å². The van der Waals surface area contributed by atoms with Gasteiger partial charge in [-0.05, 0) is 23.9 Å². The van der Waals surface area contributed by atoms with Gasteiger partial charge in [0.05, 0.1) is 0 Å². The minimum absolute atomic E-state index is 0.312. The summed E-state index contributed by atoms with van der Waals surface area (Å²) in [7, 11) is 0. The topological polar surface area (TPSA) is 52.0 Å². The molecule has 2 N–H and O–H groups in total. The van der Waals surface area contributed by atoms with Gasteiger partial charge >= 0.3 is 0 Å². The van der Waals surface area contributed by atoms with E-state index >= 15 is 0 Å². The van der Waals surface area contributed by atoms with Gasteiger partial charge in [-0.1, -0.05) is 24.4 Å². The predicted molar refractivity (Wildman–Crippen MR) is 56.7 cm³/mol. The van der Waals surface area contributed by atoms with Crippen LogP contribution in [-0.4, -0.2) is 9.30 Å². The first-order chi connectivity index (χ1) is 6.25. The van der Waals surface area contributed by atoms with Crippen molar-refractivity contribution >= 4 is 39.4 Å². The molecule has 3 nitrogen and oxygen atoms in total. The molecule has 2 aromatic rings. The van der Waals surface area contributed by atoms with Crippen molar-refractivity contribution in [3.05, 3.63) is 24.3 Å². The Morgan fingerprint density at radius 2 is 2.23 bits per heavy atom. The maximum atomic E-state index is 5.36. The number of aromatic nitrogens is 1. The Morgan fingerprint density at radius 1 is 1.46 bits per heavy atom. The average Bonchev–Trinajstić information content (AvgIpc) is 2.44. The van der Waals surface area contributed by atoms with E-state index in [0.29, 0.717) is 9.54 Å². The SMILES string of the molecule is NC(=S)Sc1nc2ccccc2o1. The summed E-state index contributed by atoms with van der Waals surface area (Å²) in [6.07, 6.45) is 0. The average molecular weight is 210 g/mol. The lowest BCUT2D eigenvalue weighted by Crippen LogP contribution is -2.00. The fraction of sp³-hybridized carbons (Fsp3) is 0. The van der Waals surface area contributed by atoms with Gasteiger partial charge < -0.3 is 10.2 Å². The van der Waals surface area contributed by atoms with Crippen LogP contribution in [0.2, 0.25) is 0 Å². The van der Waals surface area contributed by atoms with Gasteiger partial charge in [-0.3, -0.25) is 0 Å². The molecule has 0 aliphatic heterocycles. The van der Waals surface area contributed by atoms with Gasteiger partial charge in [0.15, 0.2) is 5.58 Å². The van der Waals surface area contributed by atoms with Crippen LogP contribution in [0.5, 0.6) is 0 Å². The molecule has 2 rings (SSSR count). The van der Waals surface area contributed by atoms with E-state index in [1.807, 2.05) is 24.3 Å². The highest BCUT2D eigenvalue weighted by Crippen LogP contribution is 2.22. The fourth-order valence-corrected chi connectivity index (χ4v) is 1.64. The number of para-hydroxylation sites is 2. The number of hydrogen-bond acceptors (Lipinski definition) is 4. The van der Waals surface area contributed by atoms with E-state index in [0.717, 1.165) is 22.9 Å². The van der Waals surface area contributed by atoms with E-state index in [1.54, 1.807) is 0 Å². The van der Waals surface area contributed by atoms with Gasteiger partial charge in [-0.25, -0.2) is 4.98 Å². The molecular formula is C8H6N2OS2. The zero-order valence-electron chi connectivity index (χ0n) is 6.56. The van der Waals surface area contributed by atoms with E-state index in [2.05, 4.69) is 4.98 Å². The second-order valence-corrected chi connectivity index (χ2v) is 4.06. The lowest BCUT2D eigenvalue weighted by molar-refractivity contribution is 0.491. The third-order valence-corrected chi connectivity index (χ3v) is 2.26. The molecule has 0 saturated carbocycles. The fourth-order valence-electron chi connectivity index (χ4n) is 0.981. The van der Waals surface area contributed by atoms with Gasteiger partial charge in [-0.2, -0.15) is 0 Å². The molecule has 1 heterocycles. The van der Waals surface area contributed by atoms with Crippen molar-refractivity contribution in [1.29, 1.82) is 0 Å². The normalized spacial score (nSPS) is 10.5. The molecule has 0 saturated heterocycles. The zero-order chi connectivity index (χ0) is 9.26. The Balaban J connectivity index is 2.44. The van der Waals surface area contributed by atoms with Gasteiger partial charge in [-0.15, -0.1) is 0 Å². The van der Waals surface area contributed by atoms with E-state index in [4.69, 9.17) is 22.4 Å². The lowest BCUT2D eigenvalue weighted by atomic mass is 10.3. The summed E-state index contributed by atoms with van der Waals surface area (Å²) in [5.74, 6) is 0. The van der Waals surface area contributed by atoms with E-state index in [9.17, 15) is 0 Å². The van der Waals surface area contributed by atoms with Crippen LogP contribution in [-0.2, 0) is 0 Å². The van der Waals surface area contributed by atoms with Crippen LogP contribution in [0.4, 0.5) is 0 Å². The zero-order valence-corrected chi connectivity index (χ0v) is 8.19. The van der Waals surface area contributed by atoms with Crippen molar-refractivity contribution < 1.29 is 4.42 Å². The number of oxazole rings is 1. The van der Waals surface area contributed by atoms with Crippen LogP contribution in [0.1, 0.15) is 0 Å². The van der Waals surface area contributed by atoms with Crippen molar-refractivity contribution in [3.8, 4) is 0 Å². The summed E-state index contributed by atoms with van der Waals surface area (Å²) in [5, 5.41) is 0.494. The molecule has 5 heteroatoms. The van der Waals surface area contributed by atoms with Crippen molar-refractivity contribution in [2.24, 2.45) is 5.73 Å². The van der Waals surface area contributed by atoms with E-state index in [1.165, 1.54) is 0 Å². The Kier molecular flexibility index (Phi) is 2.20. The second kappa shape index (κ2) is 3.35.